The SMILES string of the molecule is COc1ccc(Nc2nnc(C=Cc3ccc(Cl)cc3)c(=O)n2N)cc1. The summed E-state index contributed by atoms with van der Waals surface area (Å²) in [7, 11) is 1.59. The molecule has 1 heterocycles. The summed E-state index contributed by atoms with van der Waals surface area (Å²) in [4.78, 5) is 12.4. The molecule has 0 atom stereocenters. The van der Waals surface area contributed by atoms with Crippen LogP contribution in [0.4, 0.5) is 11.6 Å². The molecule has 132 valence electrons. The molecule has 0 bridgehead atoms. The Labute approximate surface area is 154 Å². The van der Waals surface area contributed by atoms with Gasteiger partial charge in [-0.05, 0) is 48.0 Å². The minimum absolute atomic E-state index is 0.128. The zero-order chi connectivity index (χ0) is 18.5. The molecule has 3 aromatic rings. The summed E-state index contributed by atoms with van der Waals surface area (Å²) in [5.74, 6) is 6.68. The highest BCUT2D eigenvalue weighted by molar-refractivity contribution is 6.30. The first-order chi connectivity index (χ1) is 12.6. The molecular formula is C18H16ClN5O2. The first-order valence-electron chi connectivity index (χ1n) is 7.66. The van der Waals surface area contributed by atoms with Crippen molar-refractivity contribution in [1.82, 2.24) is 14.9 Å². The van der Waals surface area contributed by atoms with Crippen molar-refractivity contribution in [2.75, 3.05) is 18.3 Å². The highest BCUT2D eigenvalue weighted by Gasteiger charge is 2.08. The van der Waals surface area contributed by atoms with Gasteiger partial charge in [-0.3, -0.25) is 4.79 Å². The third-order valence-electron chi connectivity index (χ3n) is 3.57. The summed E-state index contributed by atoms with van der Waals surface area (Å²) >= 11 is 5.85. The van der Waals surface area contributed by atoms with Crippen LogP contribution in [0.1, 0.15) is 11.3 Å². The van der Waals surface area contributed by atoms with Crippen molar-refractivity contribution in [2.24, 2.45) is 0 Å². The van der Waals surface area contributed by atoms with Gasteiger partial charge in [-0.2, -0.15) is 4.68 Å². The quantitative estimate of drug-likeness (QED) is 0.671. The normalized spacial score (nSPS) is 10.8. The molecule has 0 aliphatic heterocycles. The van der Waals surface area contributed by atoms with E-state index >= 15 is 0 Å². The fourth-order valence-electron chi connectivity index (χ4n) is 2.15. The van der Waals surface area contributed by atoms with Crippen LogP contribution in [0.5, 0.6) is 5.75 Å². The number of benzene rings is 2. The maximum Gasteiger partial charge on any atom is 0.299 e. The van der Waals surface area contributed by atoms with Crippen LogP contribution in [0.15, 0.2) is 53.3 Å². The smallest absolute Gasteiger partial charge is 0.299 e. The van der Waals surface area contributed by atoms with Crippen LogP contribution in [0.3, 0.4) is 0 Å². The standard InChI is InChI=1S/C18H16ClN5O2/c1-26-15-9-7-14(8-10-15)21-18-23-22-16(17(25)24(18)20)11-4-12-2-5-13(19)6-3-12/h2-11H,20H2,1H3,(H,21,23). The lowest BCUT2D eigenvalue weighted by molar-refractivity contribution is 0.415. The summed E-state index contributed by atoms with van der Waals surface area (Å²) in [6, 6.07) is 14.3. The lowest BCUT2D eigenvalue weighted by atomic mass is 10.2. The highest BCUT2D eigenvalue weighted by Crippen LogP contribution is 2.17. The van der Waals surface area contributed by atoms with E-state index in [2.05, 4.69) is 15.5 Å². The van der Waals surface area contributed by atoms with Gasteiger partial charge in [-0.1, -0.05) is 29.8 Å². The number of hydrogen-bond acceptors (Lipinski definition) is 6. The van der Waals surface area contributed by atoms with Gasteiger partial charge in [0, 0.05) is 10.7 Å². The van der Waals surface area contributed by atoms with Gasteiger partial charge in [0.25, 0.3) is 5.56 Å². The highest BCUT2D eigenvalue weighted by atomic mass is 35.5. The van der Waals surface area contributed by atoms with Gasteiger partial charge in [0.05, 0.1) is 7.11 Å². The van der Waals surface area contributed by atoms with Gasteiger partial charge >= 0.3 is 0 Å². The Morgan fingerprint density at radius 2 is 1.77 bits per heavy atom. The fourth-order valence-corrected chi connectivity index (χ4v) is 2.28. The van der Waals surface area contributed by atoms with Crippen LogP contribution in [0, 0.1) is 0 Å². The van der Waals surface area contributed by atoms with E-state index in [-0.39, 0.29) is 11.6 Å². The summed E-state index contributed by atoms with van der Waals surface area (Å²) in [5.41, 5.74) is 1.23. The Balaban J connectivity index is 1.81. The molecule has 0 spiro atoms. The molecule has 0 saturated carbocycles. The first-order valence-corrected chi connectivity index (χ1v) is 8.04. The van der Waals surface area contributed by atoms with Crippen molar-refractivity contribution in [3.63, 3.8) is 0 Å². The number of aromatic nitrogens is 3. The molecule has 7 nitrogen and oxygen atoms in total. The molecular weight excluding hydrogens is 354 g/mol. The third-order valence-corrected chi connectivity index (χ3v) is 3.82. The monoisotopic (exact) mass is 369 g/mol. The zero-order valence-corrected chi connectivity index (χ0v) is 14.6. The maximum absolute atomic E-state index is 12.4. The van der Waals surface area contributed by atoms with Crippen LogP contribution < -0.4 is 21.5 Å². The van der Waals surface area contributed by atoms with E-state index in [1.165, 1.54) is 0 Å². The molecule has 2 aromatic carbocycles. The lowest BCUT2D eigenvalue weighted by Gasteiger charge is -2.09. The van der Waals surface area contributed by atoms with E-state index in [0.29, 0.717) is 10.7 Å². The Morgan fingerprint density at radius 1 is 1.08 bits per heavy atom. The van der Waals surface area contributed by atoms with E-state index in [1.54, 1.807) is 55.7 Å². The van der Waals surface area contributed by atoms with Gasteiger partial charge in [0.15, 0.2) is 5.69 Å². The summed E-state index contributed by atoms with van der Waals surface area (Å²) in [6.07, 6.45) is 3.29. The lowest BCUT2D eigenvalue weighted by Crippen LogP contribution is -2.32. The largest absolute Gasteiger partial charge is 0.497 e. The van der Waals surface area contributed by atoms with Crippen molar-refractivity contribution in [2.45, 2.75) is 0 Å². The minimum Gasteiger partial charge on any atom is -0.497 e. The number of nitrogens with one attached hydrogen (secondary N) is 1. The molecule has 0 aliphatic carbocycles. The molecule has 1 aromatic heterocycles. The van der Waals surface area contributed by atoms with Crippen molar-refractivity contribution >= 4 is 35.4 Å². The van der Waals surface area contributed by atoms with Crippen molar-refractivity contribution in [3.8, 4) is 5.75 Å². The Morgan fingerprint density at radius 3 is 2.42 bits per heavy atom. The molecule has 0 saturated heterocycles. The predicted octanol–water partition coefficient (Wildman–Crippen LogP) is 2.93. The molecule has 3 N–H and O–H groups in total. The number of ether oxygens (including phenoxy) is 1. The number of nitrogen functional groups attached to an aromatic ring is 1. The Hall–Kier alpha value is -3.32. The van der Waals surface area contributed by atoms with Gasteiger partial charge < -0.3 is 15.9 Å². The van der Waals surface area contributed by atoms with Crippen LogP contribution in [-0.4, -0.2) is 22.0 Å². The molecule has 0 radical (unpaired) electrons. The molecule has 0 unspecified atom stereocenters. The van der Waals surface area contributed by atoms with E-state index in [0.717, 1.165) is 16.0 Å². The second-order valence-electron chi connectivity index (χ2n) is 5.32. The van der Waals surface area contributed by atoms with E-state index in [9.17, 15) is 4.79 Å². The van der Waals surface area contributed by atoms with Crippen molar-refractivity contribution in [3.05, 3.63) is 75.2 Å². The number of rotatable bonds is 5. The van der Waals surface area contributed by atoms with Gasteiger partial charge in [-0.25, -0.2) is 0 Å². The van der Waals surface area contributed by atoms with Crippen molar-refractivity contribution < 1.29 is 4.74 Å². The van der Waals surface area contributed by atoms with Crippen LogP contribution >= 0.6 is 11.6 Å². The fraction of sp³-hybridized carbons (Fsp3) is 0.0556. The molecule has 3 rings (SSSR count). The van der Waals surface area contributed by atoms with Crippen LogP contribution in [-0.2, 0) is 0 Å². The molecule has 0 aliphatic rings. The van der Waals surface area contributed by atoms with Gasteiger partial charge in [0.1, 0.15) is 5.75 Å². The number of halogens is 1. The maximum atomic E-state index is 12.4. The predicted molar refractivity (Wildman–Crippen MR) is 103 cm³/mol. The summed E-state index contributed by atoms with van der Waals surface area (Å²) in [6.45, 7) is 0. The van der Waals surface area contributed by atoms with E-state index < -0.39 is 5.56 Å². The van der Waals surface area contributed by atoms with Gasteiger partial charge in [0.2, 0.25) is 5.95 Å². The number of nitrogens with zero attached hydrogens (tertiary/aromatic N) is 3. The first kappa shape index (κ1) is 17.5. The molecule has 8 heteroatoms. The summed E-state index contributed by atoms with van der Waals surface area (Å²) < 4.78 is 6.01. The minimum atomic E-state index is -0.471. The average Bonchev–Trinajstić information content (AvgIpc) is 2.67. The number of nitrogens with two attached hydrogens (primary N) is 1. The summed E-state index contributed by atoms with van der Waals surface area (Å²) in [5, 5.41) is 11.5. The second-order valence-corrected chi connectivity index (χ2v) is 5.76. The topological polar surface area (TPSA) is 95.1 Å². The van der Waals surface area contributed by atoms with E-state index in [1.807, 2.05) is 12.1 Å². The molecule has 0 amide bonds. The Kier molecular flexibility index (Phi) is 5.19. The number of methoxy groups -OCH3 is 1. The average molecular weight is 370 g/mol. The number of hydrogen-bond donors (Lipinski definition) is 2. The van der Waals surface area contributed by atoms with E-state index in [4.69, 9.17) is 22.2 Å². The van der Waals surface area contributed by atoms with Gasteiger partial charge in [-0.15, -0.1) is 10.2 Å². The molecule has 26 heavy (non-hydrogen) atoms. The second kappa shape index (κ2) is 7.71. The zero-order valence-electron chi connectivity index (χ0n) is 13.9. The third kappa shape index (κ3) is 4.01. The Bertz CT molecular complexity index is 982. The number of anilines is 2. The van der Waals surface area contributed by atoms with Crippen LogP contribution in [0.25, 0.3) is 12.2 Å². The molecule has 0 fully saturated rings. The van der Waals surface area contributed by atoms with Crippen LogP contribution in [0.2, 0.25) is 5.02 Å². The van der Waals surface area contributed by atoms with Crippen molar-refractivity contribution in [1.29, 1.82) is 0 Å².